The van der Waals surface area contributed by atoms with Crippen LogP contribution in [0.5, 0.6) is 0 Å². The van der Waals surface area contributed by atoms with E-state index in [4.69, 9.17) is 0 Å². The summed E-state index contributed by atoms with van der Waals surface area (Å²) >= 11 is 0. The van der Waals surface area contributed by atoms with E-state index in [1.807, 2.05) is 0 Å². The van der Waals surface area contributed by atoms with Gasteiger partial charge in [-0.25, -0.2) is 0 Å². The van der Waals surface area contributed by atoms with Crippen LogP contribution in [0, 0.1) is 5.92 Å². The summed E-state index contributed by atoms with van der Waals surface area (Å²) < 4.78 is 0. The highest BCUT2D eigenvalue weighted by Crippen LogP contribution is 2.36. The molecule has 0 saturated heterocycles. The van der Waals surface area contributed by atoms with Crippen molar-refractivity contribution in [3.05, 3.63) is 0 Å². The first-order chi connectivity index (χ1) is 7.96. The Bertz CT molecular complexity index is 236. The third kappa shape index (κ3) is 4.97. The van der Waals surface area contributed by atoms with Crippen LogP contribution in [0.4, 0.5) is 0 Å². The molecule has 1 unspecified atom stereocenters. The van der Waals surface area contributed by atoms with Crippen LogP contribution in [0.2, 0.25) is 0 Å². The predicted molar refractivity (Wildman–Crippen MR) is 74.3 cm³/mol. The van der Waals surface area contributed by atoms with Crippen molar-refractivity contribution in [2.24, 2.45) is 5.92 Å². The zero-order valence-electron chi connectivity index (χ0n) is 12.1. The first-order valence-corrected chi connectivity index (χ1v) is 7.46. The summed E-state index contributed by atoms with van der Waals surface area (Å²) in [5, 5.41) is 3.61. The highest BCUT2D eigenvalue weighted by Gasteiger charge is 2.35. The molecule has 0 aromatic heterocycles. The van der Waals surface area contributed by atoms with Gasteiger partial charge in [0.15, 0.2) is 0 Å². The van der Waals surface area contributed by atoms with E-state index in [1.165, 1.54) is 38.6 Å². The SMILES string of the molecule is CC(CCNC(C)(C)C)N(CC1CC1)C1CC1. The number of nitrogens with one attached hydrogen (secondary N) is 1. The molecular formula is C15H30N2. The predicted octanol–water partition coefficient (Wildman–Crippen LogP) is 3.03. The van der Waals surface area contributed by atoms with Crippen molar-refractivity contribution in [2.75, 3.05) is 13.1 Å². The topological polar surface area (TPSA) is 15.3 Å². The van der Waals surface area contributed by atoms with Crippen molar-refractivity contribution < 1.29 is 0 Å². The molecule has 0 aromatic carbocycles. The lowest BCUT2D eigenvalue weighted by Crippen LogP contribution is -2.42. The highest BCUT2D eigenvalue weighted by molar-refractivity contribution is 4.91. The lowest BCUT2D eigenvalue weighted by Gasteiger charge is -2.30. The van der Waals surface area contributed by atoms with Crippen LogP contribution in [-0.2, 0) is 0 Å². The average molecular weight is 238 g/mol. The molecule has 1 atom stereocenters. The lowest BCUT2D eigenvalue weighted by molar-refractivity contribution is 0.178. The fraction of sp³-hybridized carbons (Fsp3) is 1.00. The van der Waals surface area contributed by atoms with E-state index < -0.39 is 0 Å². The third-order valence-electron chi connectivity index (χ3n) is 3.97. The highest BCUT2D eigenvalue weighted by atomic mass is 15.2. The van der Waals surface area contributed by atoms with E-state index in [0.717, 1.165) is 24.5 Å². The Morgan fingerprint density at radius 3 is 2.29 bits per heavy atom. The van der Waals surface area contributed by atoms with Gasteiger partial charge in [-0.05, 0) is 72.3 Å². The van der Waals surface area contributed by atoms with E-state index in [1.54, 1.807) is 0 Å². The van der Waals surface area contributed by atoms with Crippen LogP contribution < -0.4 is 5.32 Å². The minimum absolute atomic E-state index is 0.265. The summed E-state index contributed by atoms with van der Waals surface area (Å²) in [7, 11) is 0. The van der Waals surface area contributed by atoms with E-state index in [2.05, 4.69) is 37.9 Å². The molecule has 2 aliphatic carbocycles. The second-order valence-corrected chi connectivity index (χ2v) is 7.19. The molecule has 0 aromatic rings. The fourth-order valence-electron chi connectivity index (χ4n) is 2.52. The molecule has 2 fully saturated rings. The Morgan fingerprint density at radius 1 is 1.18 bits per heavy atom. The molecular weight excluding hydrogens is 208 g/mol. The van der Waals surface area contributed by atoms with Crippen molar-refractivity contribution in [3.8, 4) is 0 Å². The summed E-state index contributed by atoms with van der Waals surface area (Å²) in [5.74, 6) is 1.04. The zero-order chi connectivity index (χ0) is 12.5. The Morgan fingerprint density at radius 2 is 1.82 bits per heavy atom. The molecule has 0 amide bonds. The second-order valence-electron chi connectivity index (χ2n) is 7.19. The molecule has 2 aliphatic rings. The molecule has 17 heavy (non-hydrogen) atoms. The Labute approximate surface area is 107 Å². The van der Waals surface area contributed by atoms with Crippen LogP contribution in [0.25, 0.3) is 0 Å². The van der Waals surface area contributed by atoms with Crippen molar-refractivity contribution >= 4 is 0 Å². The van der Waals surface area contributed by atoms with Crippen LogP contribution in [-0.4, -0.2) is 35.6 Å². The van der Waals surface area contributed by atoms with Gasteiger partial charge in [0.05, 0.1) is 0 Å². The van der Waals surface area contributed by atoms with Gasteiger partial charge >= 0.3 is 0 Å². The first kappa shape index (κ1) is 13.4. The van der Waals surface area contributed by atoms with Gasteiger partial charge in [-0.3, -0.25) is 4.90 Å². The van der Waals surface area contributed by atoms with E-state index in [9.17, 15) is 0 Å². The number of hydrogen-bond donors (Lipinski definition) is 1. The fourth-order valence-corrected chi connectivity index (χ4v) is 2.52. The molecule has 0 spiro atoms. The maximum atomic E-state index is 3.61. The molecule has 0 bridgehead atoms. The first-order valence-electron chi connectivity index (χ1n) is 7.46. The molecule has 1 N–H and O–H groups in total. The summed E-state index contributed by atoms with van der Waals surface area (Å²) in [4.78, 5) is 2.79. The largest absolute Gasteiger partial charge is 0.312 e. The van der Waals surface area contributed by atoms with E-state index in [-0.39, 0.29) is 5.54 Å². The Kier molecular flexibility index (Phi) is 4.14. The van der Waals surface area contributed by atoms with Gasteiger partial charge in [0, 0.05) is 24.2 Å². The van der Waals surface area contributed by atoms with Gasteiger partial charge in [0.2, 0.25) is 0 Å². The van der Waals surface area contributed by atoms with Crippen molar-refractivity contribution in [2.45, 2.75) is 77.4 Å². The van der Waals surface area contributed by atoms with Gasteiger partial charge in [0.25, 0.3) is 0 Å². The maximum absolute atomic E-state index is 3.61. The Balaban J connectivity index is 1.69. The zero-order valence-corrected chi connectivity index (χ0v) is 12.1. The van der Waals surface area contributed by atoms with Crippen molar-refractivity contribution in [1.82, 2.24) is 10.2 Å². The molecule has 2 rings (SSSR count). The number of hydrogen-bond acceptors (Lipinski definition) is 2. The van der Waals surface area contributed by atoms with Crippen LogP contribution in [0.3, 0.4) is 0 Å². The summed E-state index contributed by atoms with van der Waals surface area (Å²) in [6, 6.07) is 1.69. The van der Waals surface area contributed by atoms with Crippen molar-refractivity contribution in [1.29, 1.82) is 0 Å². The molecule has 0 radical (unpaired) electrons. The molecule has 2 saturated carbocycles. The van der Waals surface area contributed by atoms with Crippen molar-refractivity contribution in [3.63, 3.8) is 0 Å². The molecule has 100 valence electrons. The number of rotatable bonds is 7. The van der Waals surface area contributed by atoms with E-state index in [0.29, 0.717) is 0 Å². The van der Waals surface area contributed by atoms with Crippen LogP contribution in [0.1, 0.15) is 59.8 Å². The lowest BCUT2D eigenvalue weighted by atomic mass is 10.1. The molecule has 0 aliphatic heterocycles. The Hall–Kier alpha value is -0.0800. The van der Waals surface area contributed by atoms with Gasteiger partial charge in [-0.1, -0.05) is 0 Å². The summed E-state index contributed by atoms with van der Waals surface area (Å²) in [6.07, 6.45) is 7.15. The smallest absolute Gasteiger partial charge is 0.00993 e. The minimum Gasteiger partial charge on any atom is -0.312 e. The van der Waals surface area contributed by atoms with Gasteiger partial charge in [-0.2, -0.15) is 0 Å². The summed E-state index contributed by atoms with van der Waals surface area (Å²) in [6.45, 7) is 11.7. The minimum atomic E-state index is 0.265. The maximum Gasteiger partial charge on any atom is 0.00993 e. The van der Waals surface area contributed by atoms with Gasteiger partial charge in [0.1, 0.15) is 0 Å². The monoisotopic (exact) mass is 238 g/mol. The molecule has 2 heteroatoms. The van der Waals surface area contributed by atoms with Crippen LogP contribution >= 0.6 is 0 Å². The average Bonchev–Trinajstić information content (AvgIpc) is 3.05. The molecule has 0 heterocycles. The second kappa shape index (κ2) is 5.27. The van der Waals surface area contributed by atoms with Crippen LogP contribution in [0.15, 0.2) is 0 Å². The standard InChI is InChI=1S/C15H30N2/c1-12(9-10-16-15(2,3)4)17(14-7-8-14)11-13-5-6-13/h12-14,16H,5-11H2,1-4H3. The third-order valence-corrected chi connectivity index (χ3v) is 3.97. The normalized spacial score (nSPS) is 23.1. The van der Waals surface area contributed by atoms with Gasteiger partial charge in [-0.15, -0.1) is 0 Å². The van der Waals surface area contributed by atoms with E-state index >= 15 is 0 Å². The van der Waals surface area contributed by atoms with Gasteiger partial charge < -0.3 is 5.32 Å². The quantitative estimate of drug-likeness (QED) is 0.733. The number of nitrogens with zero attached hydrogens (tertiary/aromatic N) is 1. The molecule has 2 nitrogen and oxygen atoms in total. The summed E-state index contributed by atoms with van der Waals surface area (Å²) in [5.41, 5.74) is 0.265.